The highest BCUT2D eigenvalue weighted by Gasteiger charge is 2.33. The van der Waals surface area contributed by atoms with E-state index in [0.717, 1.165) is 12.6 Å². The van der Waals surface area contributed by atoms with Gasteiger partial charge in [-0.15, -0.1) is 0 Å². The van der Waals surface area contributed by atoms with E-state index in [4.69, 9.17) is 9.47 Å². The van der Waals surface area contributed by atoms with E-state index in [1.807, 2.05) is 19.0 Å². The molecule has 0 saturated carbocycles. The molecule has 156 valence electrons. The van der Waals surface area contributed by atoms with E-state index >= 15 is 0 Å². The highest BCUT2D eigenvalue weighted by molar-refractivity contribution is 5.67. The summed E-state index contributed by atoms with van der Waals surface area (Å²) in [6.45, 7) is 1.88. The largest absolute Gasteiger partial charge is 0.488 e. The van der Waals surface area contributed by atoms with Gasteiger partial charge in [0.2, 0.25) is 0 Å². The van der Waals surface area contributed by atoms with Crippen LogP contribution in [0.3, 0.4) is 0 Å². The standard InChI is InChI=1S/C18H24F4N4O2/c1-23-4-5-26(2)11-12-10-24-25-17(12)14-8-13(18(20,21)22)9-15(16(14)19)28-7-6-27-3/h8-10,23H,4-7,11H2,1-3H3,(H,24,25). The van der Waals surface area contributed by atoms with Crippen molar-refractivity contribution in [3.8, 4) is 17.0 Å². The maximum atomic E-state index is 14.9. The summed E-state index contributed by atoms with van der Waals surface area (Å²) in [5.74, 6) is -1.38. The second-order valence-corrected chi connectivity index (χ2v) is 6.28. The Balaban J connectivity index is 2.41. The number of aromatic nitrogens is 2. The normalized spacial score (nSPS) is 12.0. The summed E-state index contributed by atoms with van der Waals surface area (Å²) in [5.41, 5.74) is -0.564. The molecule has 1 aromatic carbocycles. The predicted octanol–water partition coefficient (Wildman–Crippen LogP) is 2.91. The third-order valence-corrected chi connectivity index (χ3v) is 4.07. The number of alkyl halides is 3. The number of likely N-dealkylation sites (N-methyl/N-ethyl adjacent to an activating group) is 2. The molecule has 1 heterocycles. The van der Waals surface area contributed by atoms with Crippen molar-refractivity contribution in [1.82, 2.24) is 20.4 Å². The number of hydrogen-bond donors (Lipinski definition) is 2. The number of methoxy groups -OCH3 is 1. The molecule has 0 spiro atoms. The zero-order valence-corrected chi connectivity index (χ0v) is 16.0. The third kappa shape index (κ3) is 5.66. The quantitative estimate of drug-likeness (QED) is 0.471. The Bertz CT molecular complexity index is 765. The SMILES string of the molecule is CNCCN(C)Cc1c[nH]nc1-c1cc(C(F)(F)F)cc(OCCOC)c1F. The number of halogens is 4. The summed E-state index contributed by atoms with van der Waals surface area (Å²) in [6, 6.07) is 1.41. The first-order valence-electron chi connectivity index (χ1n) is 8.66. The lowest BCUT2D eigenvalue weighted by molar-refractivity contribution is -0.137. The Morgan fingerprint density at radius 3 is 2.64 bits per heavy atom. The van der Waals surface area contributed by atoms with Crippen molar-refractivity contribution in [3.63, 3.8) is 0 Å². The number of nitrogens with zero attached hydrogens (tertiary/aromatic N) is 2. The van der Waals surface area contributed by atoms with Crippen molar-refractivity contribution >= 4 is 0 Å². The van der Waals surface area contributed by atoms with E-state index < -0.39 is 23.3 Å². The third-order valence-electron chi connectivity index (χ3n) is 4.07. The lowest BCUT2D eigenvalue weighted by Crippen LogP contribution is -2.27. The van der Waals surface area contributed by atoms with Gasteiger partial charge in [-0.2, -0.15) is 18.3 Å². The number of nitrogens with one attached hydrogen (secondary N) is 2. The molecule has 0 aliphatic carbocycles. The van der Waals surface area contributed by atoms with Crippen LogP contribution in [-0.4, -0.2) is 62.6 Å². The van der Waals surface area contributed by atoms with Gasteiger partial charge in [0.1, 0.15) is 6.61 Å². The number of rotatable bonds is 10. The summed E-state index contributed by atoms with van der Waals surface area (Å²) in [4.78, 5) is 1.95. The average molecular weight is 404 g/mol. The number of H-pyrrole nitrogens is 1. The monoisotopic (exact) mass is 404 g/mol. The Labute approximate surface area is 160 Å². The van der Waals surface area contributed by atoms with Crippen LogP contribution in [0.25, 0.3) is 11.3 Å². The molecule has 0 amide bonds. The summed E-state index contributed by atoms with van der Waals surface area (Å²) in [7, 11) is 5.09. The molecule has 2 N–H and O–H groups in total. The molecule has 6 nitrogen and oxygen atoms in total. The molecule has 0 saturated heterocycles. The molecule has 0 bridgehead atoms. The summed E-state index contributed by atoms with van der Waals surface area (Å²) >= 11 is 0. The molecule has 2 aromatic rings. The first-order valence-corrected chi connectivity index (χ1v) is 8.66. The fraction of sp³-hybridized carbons (Fsp3) is 0.500. The highest BCUT2D eigenvalue weighted by atomic mass is 19.4. The Kier molecular flexibility index (Phi) is 7.78. The lowest BCUT2D eigenvalue weighted by atomic mass is 10.0. The van der Waals surface area contributed by atoms with Gasteiger partial charge < -0.3 is 19.7 Å². The molecule has 0 atom stereocenters. The molecule has 0 aliphatic rings. The molecule has 0 unspecified atom stereocenters. The topological polar surface area (TPSA) is 62.4 Å². The molecule has 28 heavy (non-hydrogen) atoms. The van der Waals surface area contributed by atoms with E-state index in [9.17, 15) is 17.6 Å². The van der Waals surface area contributed by atoms with Crippen LogP contribution in [-0.2, 0) is 17.5 Å². The summed E-state index contributed by atoms with van der Waals surface area (Å²) in [5, 5.41) is 9.61. The van der Waals surface area contributed by atoms with Gasteiger partial charge in [-0.05, 0) is 26.2 Å². The number of ether oxygens (including phenoxy) is 2. The van der Waals surface area contributed by atoms with Crippen molar-refractivity contribution in [2.45, 2.75) is 12.7 Å². The molecule has 0 radical (unpaired) electrons. The molecule has 1 aromatic heterocycles. The van der Waals surface area contributed by atoms with Gasteiger partial charge in [0.25, 0.3) is 0 Å². The second kappa shape index (κ2) is 9.85. The van der Waals surface area contributed by atoms with Crippen LogP contribution in [0, 0.1) is 5.82 Å². The van der Waals surface area contributed by atoms with Crippen LogP contribution in [0.1, 0.15) is 11.1 Å². The fourth-order valence-electron chi connectivity index (χ4n) is 2.61. The minimum atomic E-state index is -4.65. The van der Waals surface area contributed by atoms with E-state index in [-0.39, 0.29) is 24.5 Å². The smallest absolute Gasteiger partial charge is 0.416 e. The van der Waals surface area contributed by atoms with Crippen LogP contribution in [0.5, 0.6) is 5.75 Å². The van der Waals surface area contributed by atoms with Crippen LogP contribution < -0.4 is 10.1 Å². The maximum absolute atomic E-state index is 14.9. The number of benzene rings is 1. The van der Waals surface area contributed by atoms with Gasteiger partial charge in [0.05, 0.1) is 17.9 Å². The van der Waals surface area contributed by atoms with Crippen LogP contribution in [0.4, 0.5) is 17.6 Å². The highest BCUT2D eigenvalue weighted by Crippen LogP contribution is 2.38. The maximum Gasteiger partial charge on any atom is 0.416 e. The zero-order valence-electron chi connectivity index (χ0n) is 16.0. The van der Waals surface area contributed by atoms with Gasteiger partial charge in [0.15, 0.2) is 11.6 Å². The van der Waals surface area contributed by atoms with Gasteiger partial charge in [-0.3, -0.25) is 5.10 Å². The zero-order chi connectivity index (χ0) is 20.7. The van der Waals surface area contributed by atoms with Crippen LogP contribution in [0.15, 0.2) is 18.3 Å². The van der Waals surface area contributed by atoms with Gasteiger partial charge in [-0.1, -0.05) is 0 Å². The molecule has 2 rings (SSSR count). The minimum absolute atomic E-state index is 0.0751. The predicted molar refractivity (Wildman–Crippen MR) is 96.6 cm³/mol. The Morgan fingerprint density at radius 2 is 2.00 bits per heavy atom. The molecule has 0 aliphatic heterocycles. The van der Waals surface area contributed by atoms with Crippen LogP contribution >= 0.6 is 0 Å². The van der Waals surface area contributed by atoms with Gasteiger partial charge in [-0.25, -0.2) is 4.39 Å². The van der Waals surface area contributed by atoms with Crippen molar-refractivity contribution < 1.29 is 27.0 Å². The van der Waals surface area contributed by atoms with Gasteiger partial charge in [0, 0.05) is 44.1 Å². The van der Waals surface area contributed by atoms with E-state index in [2.05, 4.69) is 15.5 Å². The molecule has 10 heteroatoms. The van der Waals surface area contributed by atoms with Gasteiger partial charge >= 0.3 is 6.18 Å². The Hall–Kier alpha value is -2.17. The van der Waals surface area contributed by atoms with Crippen LogP contribution in [0.2, 0.25) is 0 Å². The number of hydrogen-bond acceptors (Lipinski definition) is 5. The van der Waals surface area contributed by atoms with Crippen molar-refractivity contribution in [3.05, 3.63) is 35.3 Å². The number of aromatic amines is 1. The molecular formula is C18H24F4N4O2. The van der Waals surface area contributed by atoms with Crippen molar-refractivity contribution in [1.29, 1.82) is 0 Å². The Morgan fingerprint density at radius 1 is 1.25 bits per heavy atom. The average Bonchev–Trinajstić information content (AvgIpc) is 3.08. The fourth-order valence-corrected chi connectivity index (χ4v) is 2.61. The minimum Gasteiger partial charge on any atom is -0.488 e. The first-order chi connectivity index (χ1) is 13.3. The second-order valence-electron chi connectivity index (χ2n) is 6.28. The van der Waals surface area contributed by atoms with E-state index in [1.54, 1.807) is 6.20 Å². The van der Waals surface area contributed by atoms with E-state index in [0.29, 0.717) is 24.7 Å². The van der Waals surface area contributed by atoms with Crippen molar-refractivity contribution in [2.24, 2.45) is 0 Å². The lowest BCUT2D eigenvalue weighted by Gasteiger charge is -2.17. The van der Waals surface area contributed by atoms with Crippen molar-refractivity contribution in [2.75, 3.05) is 47.5 Å². The summed E-state index contributed by atoms with van der Waals surface area (Å²) < 4.78 is 64.9. The summed E-state index contributed by atoms with van der Waals surface area (Å²) in [6.07, 6.45) is -3.10. The first kappa shape index (κ1) is 22.1. The molecule has 0 fully saturated rings. The van der Waals surface area contributed by atoms with E-state index in [1.165, 1.54) is 7.11 Å². The molecular weight excluding hydrogens is 380 g/mol.